The van der Waals surface area contributed by atoms with Crippen molar-refractivity contribution < 1.29 is 19.1 Å². The van der Waals surface area contributed by atoms with E-state index in [2.05, 4.69) is 17.2 Å². The van der Waals surface area contributed by atoms with Crippen LogP contribution in [0.1, 0.15) is 17.5 Å². The summed E-state index contributed by atoms with van der Waals surface area (Å²) in [7, 11) is 1.66. The highest BCUT2D eigenvalue weighted by molar-refractivity contribution is 5.79. The van der Waals surface area contributed by atoms with Crippen LogP contribution in [0.15, 0.2) is 18.2 Å². The van der Waals surface area contributed by atoms with Crippen molar-refractivity contribution in [3.8, 4) is 17.6 Å². The number of methoxy groups -OCH3 is 1. The third-order valence-corrected chi connectivity index (χ3v) is 5.66. The van der Waals surface area contributed by atoms with Gasteiger partial charge < -0.3 is 24.6 Å². The van der Waals surface area contributed by atoms with E-state index >= 15 is 0 Å². The summed E-state index contributed by atoms with van der Waals surface area (Å²) >= 11 is 0. The smallest absolute Gasteiger partial charge is 0.320 e. The molecular weight excluding hydrogens is 358 g/mol. The van der Waals surface area contributed by atoms with Gasteiger partial charge in [-0.25, -0.2) is 4.79 Å². The van der Waals surface area contributed by atoms with Gasteiger partial charge in [0.1, 0.15) is 12.4 Å². The van der Waals surface area contributed by atoms with Gasteiger partial charge in [-0.1, -0.05) is 17.9 Å². The van der Waals surface area contributed by atoms with Gasteiger partial charge in [0, 0.05) is 37.3 Å². The molecule has 3 aliphatic rings. The molecule has 1 unspecified atom stereocenters. The molecule has 7 heteroatoms. The number of carbonyl (C=O) groups excluding carboxylic acids is 2. The van der Waals surface area contributed by atoms with Crippen LogP contribution in [-0.2, 0) is 9.53 Å². The molecule has 0 bridgehead atoms. The van der Waals surface area contributed by atoms with Crippen LogP contribution >= 0.6 is 0 Å². The molecule has 3 saturated heterocycles. The van der Waals surface area contributed by atoms with Crippen molar-refractivity contribution >= 4 is 11.9 Å². The molecule has 3 aliphatic heterocycles. The molecule has 0 saturated carbocycles. The second kappa shape index (κ2) is 7.72. The third-order valence-electron chi connectivity index (χ3n) is 5.66. The van der Waals surface area contributed by atoms with Crippen molar-refractivity contribution in [2.45, 2.75) is 25.5 Å². The summed E-state index contributed by atoms with van der Waals surface area (Å²) in [5, 5.41) is 2.93. The van der Waals surface area contributed by atoms with Gasteiger partial charge in [-0.2, -0.15) is 0 Å². The lowest BCUT2D eigenvalue weighted by Gasteiger charge is -2.45. The van der Waals surface area contributed by atoms with Crippen LogP contribution in [0.5, 0.6) is 5.75 Å². The number of likely N-dealkylation sites (tertiary alicyclic amines) is 2. The maximum absolute atomic E-state index is 12.7. The summed E-state index contributed by atoms with van der Waals surface area (Å²) in [5.74, 6) is 7.41. The Morgan fingerprint density at radius 1 is 1.29 bits per heavy atom. The minimum Gasteiger partial charge on any atom is -0.496 e. The standard InChI is InChI=1S/C21H25N3O4/c1-14-16(4-3-5-18(14)27-2)7-6-15-10-24(11-15)21(26)23-9-8-19-17(12-23)22-20(25)13-28-19/h3-5,15,17,19H,8-13H2,1-2H3,(H,22,25)/t17?,19-/m0/s1. The topological polar surface area (TPSA) is 71.1 Å². The fraction of sp³-hybridized carbons (Fsp3) is 0.524. The van der Waals surface area contributed by atoms with Crippen LogP contribution in [0.25, 0.3) is 0 Å². The Morgan fingerprint density at radius 3 is 2.89 bits per heavy atom. The first-order valence-electron chi connectivity index (χ1n) is 9.65. The number of amides is 3. The van der Waals surface area contributed by atoms with E-state index in [0.29, 0.717) is 26.2 Å². The molecule has 1 N–H and O–H groups in total. The maximum Gasteiger partial charge on any atom is 0.320 e. The van der Waals surface area contributed by atoms with E-state index in [4.69, 9.17) is 9.47 Å². The van der Waals surface area contributed by atoms with E-state index in [1.807, 2.05) is 34.9 Å². The summed E-state index contributed by atoms with van der Waals surface area (Å²) in [6.45, 7) is 4.56. The molecule has 0 aromatic heterocycles. The first kappa shape index (κ1) is 18.6. The van der Waals surface area contributed by atoms with Crippen LogP contribution in [0.3, 0.4) is 0 Å². The average Bonchev–Trinajstić information content (AvgIpc) is 2.67. The number of nitrogens with zero attached hydrogens (tertiary/aromatic N) is 2. The number of nitrogens with one attached hydrogen (secondary N) is 1. The van der Waals surface area contributed by atoms with Crippen molar-refractivity contribution in [3.05, 3.63) is 29.3 Å². The van der Waals surface area contributed by atoms with E-state index in [1.54, 1.807) is 7.11 Å². The molecule has 3 heterocycles. The van der Waals surface area contributed by atoms with E-state index in [0.717, 1.165) is 23.3 Å². The number of ether oxygens (including phenoxy) is 2. The van der Waals surface area contributed by atoms with Gasteiger partial charge in [0.15, 0.2) is 0 Å². The number of carbonyl (C=O) groups is 2. The van der Waals surface area contributed by atoms with Crippen molar-refractivity contribution in [1.29, 1.82) is 0 Å². The second-order valence-electron chi connectivity index (χ2n) is 7.54. The number of morpholine rings is 1. The Balaban J connectivity index is 1.31. The number of hydrogen-bond donors (Lipinski definition) is 1. The molecule has 0 radical (unpaired) electrons. The monoisotopic (exact) mass is 383 g/mol. The van der Waals surface area contributed by atoms with E-state index < -0.39 is 0 Å². The van der Waals surface area contributed by atoms with Gasteiger partial charge in [-0.3, -0.25) is 4.79 Å². The SMILES string of the molecule is COc1cccc(C#CC2CN(C(=O)N3CC[C@@H]4OCC(=O)NC4C3)C2)c1C. The first-order chi connectivity index (χ1) is 13.5. The highest BCUT2D eigenvalue weighted by Crippen LogP contribution is 2.23. The maximum atomic E-state index is 12.7. The molecule has 1 aromatic carbocycles. The number of piperidine rings is 1. The van der Waals surface area contributed by atoms with Crippen LogP contribution < -0.4 is 10.1 Å². The van der Waals surface area contributed by atoms with Crippen molar-refractivity contribution in [3.63, 3.8) is 0 Å². The minimum atomic E-state index is -0.109. The predicted octanol–water partition coefficient (Wildman–Crippen LogP) is 0.996. The fourth-order valence-corrected chi connectivity index (χ4v) is 3.95. The molecule has 4 rings (SSSR count). The van der Waals surface area contributed by atoms with Gasteiger partial charge in [0.25, 0.3) is 0 Å². The zero-order valence-corrected chi connectivity index (χ0v) is 16.2. The summed E-state index contributed by atoms with van der Waals surface area (Å²) in [6, 6.07) is 5.76. The highest BCUT2D eigenvalue weighted by atomic mass is 16.5. The normalized spacial score (nSPS) is 24.4. The summed E-state index contributed by atoms with van der Waals surface area (Å²) in [5.41, 5.74) is 1.99. The summed E-state index contributed by atoms with van der Waals surface area (Å²) < 4.78 is 10.9. The molecule has 0 spiro atoms. The Morgan fingerprint density at radius 2 is 2.11 bits per heavy atom. The number of urea groups is 1. The fourth-order valence-electron chi connectivity index (χ4n) is 3.95. The quantitative estimate of drug-likeness (QED) is 0.735. The zero-order chi connectivity index (χ0) is 19.7. The molecule has 7 nitrogen and oxygen atoms in total. The van der Waals surface area contributed by atoms with Crippen molar-refractivity contribution in [2.75, 3.05) is 39.9 Å². The lowest BCUT2D eigenvalue weighted by Crippen LogP contribution is -2.64. The van der Waals surface area contributed by atoms with Gasteiger partial charge in [0.05, 0.1) is 25.2 Å². The average molecular weight is 383 g/mol. The lowest BCUT2D eigenvalue weighted by molar-refractivity contribution is -0.139. The van der Waals surface area contributed by atoms with Gasteiger partial charge >= 0.3 is 6.03 Å². The van der Waals surface area contributed by atoms with E-state index in [-0.39, 0.29) is 36.6 Å². The van der Waals surface area contributed by atoms with Crippen LogP contribution in [-0.4, -0.2) is 73.8 Å². The first-order valence-corrected chi connectivity index (χ1v) is 9.65. The Labute approximate surface area is 165 Å². The molecule has 2 atom stereocenters. The van der Waals surface area contributed by atoms with Gasteiger partial charge in [-0.15, -0.1) is 0 Å². The van der Waals surface area contributed by atoms with E-state index in [1.165, 1.54) is 0 Å². The molecule has 1 aromatic rings. The molecule has 28 heavy (non-hydrogen) atoms. The molecular formula is C21H25N3O4. The van der Waals surface area contributed by atoms with Crippen LogP contribution in [0, 0.1) is 24.7 Å². The summed E-state index contributed by atoms with van der Waals surface area (Å²) in [4.78, 5) is 27.9. The van der Waals surface area contributed by atoms with Crippen LogP contribution in [0.4, 0.5) is 4.79 Å². The van der Waals surface area contributed by atoms with Gasteiger partial charge in [-0.05, 0) is 25.5 Å². The van der Waals surface area contributed by atoms with Crippen molar-refractivity contribution in [2.24, 2.45) is 5.92 Å². The Bertz CT molecular complexity index is 838. The van der Waals surface area contributed by atoms with Gasteiger partial charge in [0.2, 0.25) is 5.91 Å². The third kappa shape index (κ3) is 3.65. The number of hydrogen-bond acceptors (Lipinski definition) is 4. The molecule has 3 amide bonds. The van der Waals surface area contributed by atoms with E-state index in [9.17, 15) is 9.59 Å². The number of rotatable bonds is 1. The Kier molecular flexibility index (Phi) is 5.14. The molecule has 3 fully saturated rings. The van der Waals surface area contributed by atoms with Crippen molar-refractivity contribution in [1.82, 2.24) is 15.1 Å². The minimum absolute atomic E-state index is 0.0165. The summed E-state index contributed by atoms with van der Waals surface area (Å²) in [6.07, 6.45) is 0.769. The lowest BCUT2D eigenvalue weighted by atomic mass is 9.98. The predicted molar refractivity (Wildman–Crippen MR) is 103 cm³/mol. The number of fused-ring (bicyclic) bond motifs is 1. The second-order valence-corrected chi connectivity index (χ2v) is 7.54. The van der Waals surface area contributed by atoms with Crippen LogP contribution in [0.2, 0.25) is 0 Å². The zero-order valence-electron chi connectivity index (χ0n) is 16.2. The molecule has 148 valence electrons. The number of benzene rings is 1. The Hall–Kier alpha value is -2.72. The molecule has 0 aliphatic carbocycles. The highest BCUT2D eigenvalue weighted by Gasteiger charge is 2.39. The largest absolute Gasteiger partial charge is 0.496 e.